The fraction of sp³-hybridized carbons (Fsp3) is 0.647. The molecule has 0 aromatic carbocycles. The normalized spacial score (nSPS) is 15.5. The molecule has 1 N–H and O–H groups in total. The Labute approximate surface area is 141 Å². The first kappa shape index (κ1) is 16.7. The minimum atomic E-state index is -0.242. The van der Waals surface area contributed by atoms with Gasteiger partial charge in [-0.05, 0) is 18.8 Å². The van der Waals surface area contributed by atoms with Crippen LogP contribution in [0.25, 0.3) is 0 Å². The quantitative estimate of drug-likeness (QED) is 0.843. The first-order valence-electron chi connectivity index (χ1n) is 8.87. The maximum atomic E-state index is 12.1. The van der Waals surface area contributed by atoms with Crippen LogP contribution in [0.1, 0.15) is 67.4 Å². The molecule has 24 heavy (non-hydrogen) atoms. The summed E-state index contributed by atoms with van der Waals surface area (Å²) in [5, 5.41) is 14.7. The Hall–Kier alpha value is -2.18. The SMILES string of the molecule is CCc1cc(CNC(=O)c2cn(CCC3CCCCC3)nn2)on1. The molecule has 1 amide bonds. The first-order valence-corrected chi connectivity index (χ1v) is 8.87. The number of rotatable bonds is 7. The van der Waals surface area contributed by atoms with Crippen LogP contribution in [0.3, 0.4) is 0 Å². The molecule has 1 aliphatic carbocycles. The van der Waals surface area contributed by atoms with Gasteiger partial charge in [0.25, 0.3) is 5.91 Å². The highest BCUT2D eigenvalue weighted by Gasteiger charge is 2.15. The third-order valence-electron chi connectivity index (χ3n) is 4.66. The molecular formula is C17H25N5O2. The third-order valence-corrected chi connectivity index (χ3v) is 4.66. The number of carbonyl (C=O) groups excluding carboxylic acids is 1. The van der Waals surface area contributed by atoms with Gasteiger partial charge >= 0.3 is 0 Å². The molecule has 130 valence electrons. The van der Waals surface area contributed by atoms with Crippen LogP contribution in [0.5, 0.6) is 0 Å². The molecule has 0 unspecified atom stereocenters. The van der Waals surface area contributed by atoms with E-state index in [4.69, 9.17) is 4.52 Å². The minimum Gasteiger partial charge on any atom is -0.359 e. The minimum absolute atomic E-state index is 0.242. The molecule has 3 rings (SSSR count). The summed E-state index contributed by atoms with van der Waals surface area (Å²) >= 11 is 0. The lowest BCUT2D eigenvalue weighted by Gasteiger charge is -2.20. The van der Waals surface area contributed by atoms with Crippen molar-refractivity contribution in [1.82, 2.24) is 25.5 Å². The lowest BCUT2D eigenvalue weighted by Crippen LogP contribution is -2.23. The van der Waals surface area contributed by atoms with Gasteiger partial charge in [-0.15, -0.1) is 5.10 Å². The Balaban J connectivity index is 1.46. The van der Waals surface area contributed by atoms with Gasteiger partial charge in [-0.25, -0.2) is 0 Å². The molecule has 2 heterocycles. The second-order valence-corrected chi connectivity index (χ2v) is 6.48. The van der Waals surface area contributed by atoms with E-state index in [-0.39, 0.29) is 5.91 Å². The van der Waals surface area contributed by atoms with E-state index in [1.807, 2.05) is 13.0 Å². The van der Waals surface area contributed by atoms with Gasteiger partial charge < -0.3 is 9.84 Å². The molecule has 0 saturated heterocycles. The van der Waals surface area contributed by atoms with E-state index in [1.54, 1.807) is 10.9 Å². The van der Waals surface area contributed by atoms with E-state index in [9.17, 15) is 4.79 Å². The zero-order valence-electron chi connectivity index (χ0n) is 14.2. The second kappa shape index (κ2) is 8.08. The Bertz CT molecular complexity index is 657. The van der Waals surface area contributed by atoms with E-state index < -0.39 is 0 Å². The molecule has 1 saturated carbocycles. The number of aryl methyl sites for hydroxylation is 2. The van der Waals surface area contributed by atoms with Crippen molar-refractivity contribution in [3.05, 3.63) is 29.4 Å². The molecular weight excluding hydrogens is 306 g/mol. The topological polar surface area (TPSA) is 85.8 Å². The lowest BCUT2D eigenvalue weighted by molar-refractivity contribution is 0.0942. The Kier molecular flexibility index (Phi) is 5.61. The molecule has 0 bridgehead atoms. The van der Waals surface area contributed by atoms with Crippen molar-refractivity contribution in [3.8, 4) is 0 Å². The van der Waals surface area contributed by atoms with Gasteiger partial charge in [-0.1, -0.05) is 49.4 Å². The van der Waals surface area contributed by atoms with E-state index in [2.05, 4.69) is 20.8 Å². The molecule has 0 radical (unpaired) electrons. The van der Waals surface area contributed by atoms with Crippen LogP contribution in [-0.2, 0) is 19.5 Å². The standard InChI is InChI=1S/C17H25N5O2/c1-2-14-10-15(24-20-14)11-18-17(23)16-12-22(21-19-16)9-8-13-6-4-3-5-7-13/h10,12-13H,2-9,11H2,1H3,(H,18,23). The summed E-state index contributed by atoms with van der Waals surface area (Å²) in [5.74, 6) is 1.19. The zero-order valence-corrected chi connectivity index (χ0v) is 14.2. The van der Waals surface area contributed by atoms with Crippen molar-refractivity contribution in [2.75, 3.05) is 0 Å². The largest absolute Gasteiger partial charge is 0.359 e. The highest BCUT2D eigenvalue weighted by molar-refractivity contribution is 5.91. The maximum absolute atomic E-state index is 12.1. The average molecular weight is 331 g/mol. The van der Waals surface area contributed by atoms with Gasteiger partial charge in [0.2, 0.25) is 0 Å². The summed E-state index contributed by atoms with van der Waals surface area (Å²) in [6.45, 7) is 3.14. The molecule has 1 fully saturated rings. The van der Waals surface area contributed by atoms with Crippen molar-refractivity contribution in [2.45, 2.75) is 65.0 Å². The molecule has 0 aliphatic heterocycles. The fourth-order valence-electron chi connectivity index (χ4n) is 3.17. The molecule has 0 atom stereocenters. The van der Waals surface area contributed by atoms with Crippen molar-refractivity contribution in [2.24, 2.45) is 5.92 Å². The smallest absolute Gasteiger partial charge is 0.273 e. The molecule has 2 aromatic rings. The summed E-state index contributed by atoms with van der Waals surface area (Å²) in [7, 11) is 0. The number of amides is 1. The van der Waals surface area contributed by atoms with Crippen molar-refractivity contribution in [1.29, 1.82) is 0 Å². The van der Waals surface area contributed by atoms with Gasteiger partial charge in [-0.2, -0.15) is 0 Å². The van der Waals surface area contributed by atoms with Crippen LogP contribution >= 0.6 is 0 Å². The van der Waals surface area contributed by atoms with Crippen LogP contribution in [-0.4, -0.2) is 26.1 Å². The molecule has 7 heteroatoms. The summed E-state index contributed by atoms with van der Waals surface area (Å²) in [5.41, 5.74) is 1.22. The summed E-state index contributed by atoms with van der Waals surface area (Å²) in [4.78, 5) is 12.1. The van der Waals surface area contributed by atoms with Crippen LogP contribution in [0.2, 0.25) is 0 Å². The van der Waals surface area contributed by atoms with Crippen molar-refractivity contribution in [3.63, 3.8) is 0 Å². The summed E-state index contributed by atoms with van der Waals surface area (Å²) in [6.07, 6.45) is 10.3. The van der Waals surface area contributed by atoms with Crippen LogP contribution in [0.4, 0.5) is 0 Å². The number of aromatic nitrogens is 4. The average Bonchev–Trinajstić information content (AvgIpc) is 3.28. The van der Waals surface area contributed by atoms with E-state index in [1.165, 1.54) is 32.1 Å². The lowest BCUT2D eigenvalue weighted by atomic mass is 9.87. The van der Waals surface area contributed by atoms with Crippen molar-refractivity contribution >= 4 is 5.91 Å². The Morgan fingerprint density at radius 3 is 2.96 bits per heavy atom. The number of hydrogen-bond donors (Lipinski definition) is 1. The predicted molar refractivity (Wildman–Crippen MR) is 88.3 cm³/mol. The number of hydrogen-bond acceptors (Lipinski definition) is 5. The van der Waals surface area contributed by atoms with Crippen LogP contribution in [0, 0.1) is 5.92 Å². The maximum Gasteiger partial charge on any atom is 0.273 e. The highest BCUT2D eigenvalue weighted by atomic mass is 16.5. The van der Waals surface area contributed by atoms with Crippen LogP contribution < -0.4 is 5.32 Å². The van der Waals surface area contributed by atoms with Crippen LogP contribution in [0.15, 0.2) is 16.8 Å². The van der Waals surface area contributed by atoms with E-state index in [0.717, 1.165) is 31.0 Å². The molecule has 2 aromatic heterocycles. The third kappa shape index (κ3) is 4.43. The number of nitrogens with zero attached hydrogens (tertiary/aromatic N) is 4. The second-order valence-electron chi connectivity index (χ2n) is 6.48. The van der Waals surface area contributed by atoms with E-state index in [0.29, 0.717) is 18.0 Å². The van der Waals surface area contributed by atoms with Gasteiger partial charge in [0, 0.05) is 12.6 Å². The van der Waals surface area contributed by atoms with Gasteiger partial charge in [0.15, 0.2) is 11.5 Å². The number of nitrogens with one attached hydrogen (secondary N) is 1. The molecule has 0 spiro atoms. The fourth-order valence-corrected chi connectivity index (χ4v) is 3.17. The monoisotopic (exact) mass is 331 g/mol. The molecule has 7 nitrogen and oxygen atoms in total. The highest BCUT2D eigenvalue weighted by Crippen LogP contribution is 2.26. The summed E-state index contributed by atoms with van der Waals surface area (Å²) in [6, 6.07) is 1.85. The predicted octanol–water partition coefficient (Wildman–Crippen LogP) is 2.73. The van der Waals surface area contributed by atoms with Crippen molar-refractivity contribution < 1.29 is 9.32 Å². The first-order chi connectivity index (χ1) is 11.7. The van der Waals surface area contributed by atoms with Gasteiger partial charge in [0.1, 0.15) is 0 Å². The molecule has 1 aliphatic rings. The summed E-state index contributed by atoms with van der Waals surface area (Å²) < 4.78 is 6.92. The van der Waals surface area contributed by atoms with Gasteiger partial charge in [-0.3, -0.25) is 9.48 Å². The van der Waals surface area contributed by atoms with E-state index >= 15 is 0 Å². The number of carbonyl (C=O) groups is 1. The Morgan fingerprint density at radius 1 is 1.38 bits per heavy atom. The zero-order chi connectivity index (χ0) is 16.8. The Morgan fingerprint density at radius 2 is 2.21 bits per heavy atom. The van der Waals surface area contributed by atoms with Gasteiger partial charge in [0.05, 0.1) is 18.4 Å².